The van der Waals surface area contributed by atoms with Crippen LogP contribution in [0.25, 0.3) is 10.6 Å². The molecule has 0 saturated carbocycles. The summed E-state index contributed by atoms with van der Waals surface area (Å²) in [5, 5.41) is 3.63. The molecule has 0 aliphatic carbocycles. The number of thiazole rings is 1. The quantitative estimate of drug-likeness (QED) is 0.587. The summed E-state index contributed by atoms with van der Waals surface area (Å²) < 4.78 is 5.42. The van der Waals surface area contributed by atoms with Gasteiger partial charge in [-0.1, -0.05) is 48.0 Å². The van der Waals surface area contributed by atoms with Gasteiger partial charge in [0, 0.05) is 11.3 Å². The fraction of sp³-hybridized carbons (Fsp3) is 0.261. The molecule has 1 aromatic heterocycles. The summed E-state index contributed by atoms with van der Waals surface area (Å²) >= 11 is 1.27. The van der Waals surface area contributed by atoms with Crippen LogP contribution in [-0.4, -0.2) is 23.0 Å². The maximum Gasteiger partial charge on any atom is 0.351 e. The van der Waals surface area contributed by atoms with Gasteiger partial charge in [0.1, 0.15) is 9.88 Å². The van der Waals surface area contributed by atoms with E-state index in [0.29, 0.717) is 10.6 Å². The summed E-state index contributed by atoms with van der Waals surface area (Å²) in [4.78, 5) is 30.1. The van der Waals surface area contributed by atoms with Crippen molar-refractivity contribution in [3.8, 4) is 10.6 Å². The second-order valence-electron chi connectivity index (χ2n) is 7.11. The largest absolute Gasteiger partial charge is 0.448 e. The van der Waals surface area contributed by atoms with Crippen LogP contribution in [0, 0.1) is 27.7 Å². The summed E-state index contributed by atoms with van der Waals surface area (Å²) in [6.07, 6.45) is -0.927. The van der Waals surface area contributed by atoms with E-state index in [1.807, 2.05) is 63.2 Å². The molecule has 0 unspecified atom stereocenters. The molecular formula is C23H24N2O3S. The minimum Gasteiger partial charge on any atom is -0.448 e. The van der Waals surface area contributed by atoms with E-state index >= 15 is 0 Å². The highest BCUT2D eigenvalue weighted by molar-refractivity contribution is 7.17. The van der Waals surface area contributed by atoms with Crippen molar-refractivity contribution in [2.24, 2.45) is 0 Å². The molecule has 2 aromatic carbocycles. The molecule has 29 heavy (non-hydrogen) atoms. The summed E-state index contributed by atoms with van der Waals surface area (Å²) in [5.41, 5.74) is 5.36. The third-order valence-electron chi connectivity index (χ3n) is 4.58. The average molecular weight is 409 g/mol. The molecule has 150 valence electrons. The molecule has 6 heteroatoms. The first-order chi connectivity index (χ1) is 13.8. The van der Waals surface area contributed by atoms with Crippen molar-refractivity contribution >= 4 is 28.9 Å². The van der Waals surface area contributed by atoms with Crippen molar-refractivity contribution < 1.29 is 14.3 Å². The van der Waals surface area contributed by atoms with Gasteiger partial charge in [-0.15, -0.1) is 11.3 Å². The third kappa shape index (κ3) is 4.71. The Hall–Kier alpha value is -2.99. The molecule has 0 radical (unpaired) electrons. The zero-order chi connectivity index (χ0) is 21.1. The number of rotatable bonds is 5. The average Bonchev–Trinajstić information content (AvgIpc) is 3.07. The van der Waals surface area contributed by atoms with Crippen LogP contribution in [0.3, 0.4) is 0 Å². The molecule has 0 aliphatic rings. The lowest BCUT2D eigenvalue weighted by atomic mass is 10.0. The monoisotopic (exact) mass is 408 g/mol. The van der Waals surface area contributed by atoms with E-state index in [1.54, 1.807) is 13.8 Å². The Kier molecular flexibility index (Phi) is 6.13. The number of ether oxygens (including phenoxy) is 1. The molecule has 5 nitrogen and oxygen atoms in total. The number of carbonyl (C=O) groups is 2. The first-order valence-corrected chi connectivity index (χ1v) is 10.2. The number of carbonyl (C=O) groups excluding carboxylic acids is 2. The number of nitrogens with zero attached hydrogens (tertiary/aromatic N) is 1. The Labute approximate surface area is 174 Å². The highest BCUT2D eigenvalue weighted by atomic mass is 32.1. The van der Waals surface area contributed by atoms with Gasteiger partial charge in [0.2, 0.25) is 0 Å². The summed E-state index contributed by atoms with van der Waals surface area (Å²) in [5.74, 6) is -0.902. The zero-order valence-electron chi connectivity index (χ0n) is 17.2. The van der Waals surface area contributed by atoms with E-state index in [2.05, 4.69) is 10.3 Å². The van der Waals surface area contributed by atoms with Crippen LogP contribution in [-0.2, 0) is 9.53 Å². The lowest BCUT2D eigenvalue weighted by Crippen LogP contribution is -2.30. The van der Waals surface area contributed by atoms with Crippen LogP contribution >= 0.6 is 11.3 Å². The van der Waals surface area contributed by atoms with Gasteiger partial charge >= 0.3 is 5.97 Å². The molecular weight excluding hydrogens is 384 g/mol. The van der Waals surface area contributed by atoms with E-state index in [9.17, 15) is 9.59 Å². The second-order valence-corrected chi connectivity index (χ2v) is 8.11. The number of hydrogen-bond acceptors (Lipinski definition) is 5. The normalized spacial score (nSPS) is 11.8. The summed E-state index contributed by atoms with van der Waals surface area (Å²) in [6.45, 7) is 9.23. The molecule has 0 aliphatic heterocycles. The van der Waals surface area contributed by atoms with Crippen molar-refractivity contribution in [2.75, 3.05) is 5.32 Å². The van der Waals surface area contributed by atoms with E-state index in [-0.39, 0.29) is 5.91 Å². The van der Waals surface area contributed by atoms with Crippen molar-refractivity contribution in [1.29, 1.82) is 0 Å². The van der Waals surface area contributed by atoms with Crippen LogP contribution in [0.15, 0.2) is 42.5 Å². The fourth-order valence-corrected chi connectivity index (χ4v) is 4.11. The number of benzene rings is 2. The van der Waals surface area contributed by atoms with Gasteiger partial charge in [-0.3, -0.25) is 4.79 Å². The SMILES string of the molecule is Cc1cc(C)c(NC(=O)[C@@H](C)OC(=O)c2sc(-c3ccccc3)nc2C)c(C)c1. The number of esters is 1. The first-order valence-electron chi connectivity index (χ1n) is 9.38. The van der Waals surface area contributed by atoms with Gasteiger partial charge in [-0.25, -0.2) is 9.78 Å². The predicted octanol–water partition coefficient (Wildman–Crippen LogP) is 5.23. The molecule has 0 spiro atoms. The number of anilines is 1. The first kappa shape index (κ1) is 20.7. The van der Waals surface area contributed by atoms with Crippen molar-refractivity contribution in [3.05, 3.63) is 69.7 Å². The van der Waals surface area contributed by atoms with Crippen LogP contribution in [0.1, 0.15) is 39.0 Å². The molecule has 0 fully saturated rings. The number of amides is 1. The van der Waals surface area contributed by atoms with E-state index in [1.165, 1.54) is 11.3 Å². The highest BCUT2D eigenvalue weighted by Gasteiger charge is 2.24. The smallest absolute Gasteiger partial charge is 0.351 e. The van der Waals surface area contributed by atoms with Gasteiger partial charge in [0.15, 0.2) is 6.10 Å². The van der Waals surface area contributed by atoms with E-state index in [4.69, 9.17) is 4.74 Å². The zero-order valence-corrected chi connectivity index (χ0v) is 18.0. The lowest BCUT2D eigenvalue weighted by molar-refractivity contribution is -0.123. The molecule has 3 aromatic rings. The van der Waals surface area contributed by atoms with E-state index in [0.717, 1.165) is 32.9 Å². The third-order valence-corrected chi connectivity index (χ3v) is 5.77. The topological polar surface area (TPSA) is 68.3 Å². The maximum atomic E-state index is 12.6. The Bertz CT molecular complexity index is 1030. The summed E-state index contributed by atoms with van der Waals surface area (Å²) in [6, 6.07) is 13.7. The van der Waals surface area contributed by atoms with Crippen molar-refractivity contribution in [3.63, 3.8) is 0 Å². The molecule has 0 saturated heterocycles. The molecule has 1 amide bonds. The molecule has 0 bridgehead atoms. The van der Waals surface area contributed by atoms with Crippen LogP contribution in [0.5, 0.6) is 0 Å². The van der Waals surface area contributed by atoms with Crippen molar-refractivity contribution in [1.82, 2.24) is 4.98 Å². The van der Waals surface area contributed by atoms with Gasteiger partial charge in [0.25, 0.3) is 5.91 Å². The minimum absolute atomic E-state index is 0.362. The molecule has 1 atom stereocenters. The Morgan fingerprint density at radius 2 is 1.66 bits per heavy atom. The standard InChI is InChI=1S/C23H24N2O3S/c1-13-11-14(2)19(15(3)12-13)25-21(26)17(5)28-23(27)20-16(4)24-22(29-20)18-9-7-6-8-10-18/h6-12,17H,1-5H3,(H,25,26)/t17-/m1/s1. The lowest BCUT2D eigenvalue weighted by Gasteiger charge is -2.16. The fourth-order valence-electron chi connectivity index (χ4n) is 3.16. The number of nitrogens with one attached hydrogen (secondary N) is 1. The van der Waals surface area contributed by atoms with Gasteiger partial charge in [-0.2, -0.15) is 0 Å². The molecule has 1 N–H and O–H groups in total. The van der Waals surface area contributed by atoms with Gasteiger partial charge in [0.05, 0.1) is 5.69 Å². The minimum atomic E-state index is -0.927. The Balaban J connectivity index is 1.71. The highest BCUT2D eigenvalue weighted by Crippen LogP contribution is 2.28. The Morgan fingerprint density at radius 1 is 1.03 bits per heavy atom. The number of aromatic nitrogens is 1. The summed E-state index contributed by atoms with van der Waals surface area (Å²) in [7, 11) is 0. The molecule has 3 rings (SSSR count). The van der Waals surface area contributed by atoms with Crippen molar-refractivity contribution in [2.45, 2.75) is 40.7 Å². The maximum absolute atomic E-state index is 12.6. The number of aryl methyl sites for hydroxylation is 4. The van der Waals surface area contributed by atoms with E-state index < -0.39 is 12.1 Å². The second kappa shape index (κ2) is 8.57. The van der Waals surface area contributed by atoms with Crippen LogP contribution < -0.4 is 5.32 Å². The Morgan fingerprint density at radius 3 is 2.28 bits per heavy atom. The number of hydrogen-bond donors (Lipinski definition) is 1. The van der Waals surface area contributed by atoms with Crippen LogP contribution in [0.4, 0.5) is 5.69 Å². The van der Waals surface area contributed by atoms with Gasteiger partial charge < -0.3 is 10.1 Å². The molecule has 1 heterocycles. The van der Waals surface area contributed by atoms with Crippen LogP contribution in [0.2, 0.25) is 0 Å². The van der Waals surface area contributed by atoms with Gasteiger partial charge in [-0.05, 0) is 45.7 Å². The predicted molar refractivity (Wildman–Crippen MR) is 116 cm³/mol.